The molecular formula is C16H18F2N2O. The van der Waals surface area contributed by atoms with E-state index in [1.807, 2.05) is 37.3 Å². The van der Waals surface area contributed by atoms with Gasteiger partial charge in [-0.1, -0.05) is 30.3 Å². The Morgan fingerprint density at radius 2 is 1.90 bits per heavy atom. The lowest BCUT2D eigenvalue weighted by Crippen LogP contribution is -2.19. The summed E-state index contributed by atoms with van der Waals surface area (Å²) in [5, 5.41) is 3.31. The maximum Gasteiger partial charge on any atom is 0.387 e. The summed E-state index contributed by atoms with van der Waals surface area (Å²) in [5.74, 6) is 0.162. The van der Waals surface area contributed by atoms with Crippen molar-refractivity contribution in [3.05, 3.63) is 59.7 Å². The summed E-state index contributed by atoms with van der Waals surface area (Å²) in [4.78, 5) is 0. The number of halogens is 2. The van der Waals surface area contributed by atoms with Crippen LogP contribution in [-0.2, 0) is 6.54 Å². The Hall–Kier alpha value is -2.14. The number of nitrogen functional groups attached to an aromatic ring is 1. The van der Waals surface area contributed by atoms with Gasteiger partial charge in [-0.05, 0) is 36.2 Å². The predicted octanol–water partition coefficient (Wildman–Crippen LogP) is 3.72. The van der Waals surface area contributed by atoms with Crippen LogP contribution in [0.25, 0.3) is 0 Å². The van der Waals surface area contributed by atoms with E-state index in [2.05, 4.69) is 10.1 Å². The number of alkyl halides is 2. The van der Waals surface area contributed by atoms with Crippen molar-refractivity contribution >= 4 is 5.69 Å². The third-order valence-corrected chi connectivity index (χ3v) is 3.24. The van der Waals surface area contributed by atoms with Gasteiger partial charge in [0, 0.05) is 18.3 Å². The minimum atomic E-state index is -2.81. The summed E-state index contributed by atoms with van der Waals surface area (Å²) in [6, 6.07) is 14.3. The first-order valence-electron chi connectivity index (χ1n) is 6.68. The molecule has 0 amide bonds. The number of hydrogen-bond acceptors (Lipinski definition) is 3. The van der Waals surface area contributed by atoms with E-state index in [0.717, 1.165) is 16.8 Å². The molecule has 0 saturated heterocycles. The molecule has 0 saturated carbocycles. The molecule has 2 rings (SSSR count). The van der Waals surface area contributed by atoms with E-state index in [4.69, 9.17) is 5.73 Å². The summed E-state index contributed by atoms with van der Waals surface area (Å²) in [6.07, 6.45) is 0. The summed E-state index contributed by atoms with van der Waals surface area (Å²) in [5.41, 5.74) is 8.49. The molecule has 0 aliphatic rings. The summed E-state index contributed by atoms with van der Waals surface area (Å²) in [7, 11) is 0. The van der Waals surface area contributed by atoms with E-state index in [1.165, 1.54) is 6.07 Å². The van der Waals surface area contributed by atoms with Crippen LogP contribution in [0.15, 0.2) is 48.5 Å². The van der Waals surface area contributed by atoms with E-state index in [1.54, 1.807) is 12.1 Å². The van der Waals surface area contributed by atoms with Gasteiger partial charge in [0.1, 0.15) is 5.75 Å². The molecule has 21 heavy (non-hydrogen) atoms. The highest BCUT2D eigenvalue weighted by atomic mass is 19.3. The number of para-hydroxylation sites is 1. The molecule has 0 radical (unpaired) electrons. The SMILES string of the molecule is CC(NCc1ccccc1N)c1cccc(OC(F)F)c1. The van der Waals surface area contributed by atoms with E-state index in [-0.39, 0.29) is 11.8 Å². The van der Waals surface area contributed by atoms with Gasteiger partial charge in [-0.25, -0.2) is 0 Å². The Balaban J connectivity index is 2.00. The monoisotopic (exact) mass is 292 g/mol. The van der Waals surface area contributed by atoms with E-state index >= 15 is 0 Å². The number of benzene rings is 2. The van der Waals surface area contributed by atoms with Crippen molar-refractivity contribution in [3.8, 4) is 5.75 Å². The lowest BCUT2D eigenvalue weighted by Gasteiger charge is -2.16. The third-order valence-electron chi connectivity index (χ3n) is 3.24. The second-order valence-corrected chi connectivity index (χ2v) is 4.75. The molecule has 0 aliphatic carbocycles. The van der Waals surface area contributed by atoms with Gasteiger partial charge < -0.3 is 15.8 Å². The molecule has 0 bridgehead atoms. The highest BCUT2D eigenvalue weighted by molar-refractivity contribution is 5.46. The lowest BCUT2D eigenvalue weighted by atomic mass is 10.1. The van der Waals surface area contributed by atoms with Crippen molar-refractivity contribution in [2.75, 3.05) is 5.73 Å². The molecule has 112 valence electrons. The molecule has 0 aromatic heterocycles. The Labute approximate surface area is 122 Å². The first-order valence-corrected chi connectivity index (χ1v) is 6.68. The minimum Gasteiger partial charge on any atom is -0.435 e. The van der Waals surface area contributed by atoms with Crippen molar-refractivity contribution < 1.29 is 13.5 Å². The average molecular weight is 292 g/mol. The fourth-order valence-corrected chi connectivity index (χ4v) is 2.04. The molecule has 2 aromatic carbocycles. The predicted molar refractivity (Wildman–Crippen MR) is 79.2 cm³/mol. The standard InChI is InChI=1S/C16H18F2N2O/c1-11(20-10-13-5-2-3-8-15(13)19)12-6-4-7-14(9-12)21-16(17)18/h2-9,11,16,20H,10,19H2,1H3. The van der Waals surface area contributed by atoms with Crippen molar-refractivity contribution in [3.63, 3.8) is 0 Å². The number of nitrogens with one attached hydrogen (secondary N) is 1. The van der Waals surface area contributed by atoms with Gasteiger partial charge in [-0.2, -0.15) is 8.78 Å². The molecule has 1 unspecified atom stereocenters. The van der Waals surface area contributed by atoms with E-state index in [9.17, 15) is 8.78 Å². The van der Waals surface area contributed by atoms with Crippen molar-refractivity contribution in [2.45, 2.75) is 26.1 Å². The maximum absolute atomic E-state index is 12.2. The highest BCUT2D eigenvalue weighted by Gasteiger charge is 2.09. The third kappa shape index (κ3) is 4.43. The van der Waals surface area contributed by atoms with Gasteiger partial charge in [-0.3, -0.25) is 0 Å². The van der Waals surface area contributed by atoms with Crippen LogP contribution >= 0.6 is 0 Å². The molecule has 1 atom stereocenters. The van der Waals surface area contributed by atoms with Crippen LogP contribution in [0.1, 0.15) is 24.1 Å². The Morgan fingerprint density at radius 3 is 2.62 bits per heavy atom. The van der Waals surface area contributed by atoms with Crippen LogP contribution in [0.4, 0.5) is 14.5 Å². The van der Waals surface area contributed by atoms with Gasteiger partial charge in [0.05, 0.1) is 0 Å². The summed E-state index contributed by atoms with van der Waals surface area (Å²) in [6.45, 7) is -0.248. The molecule has 3 nitrogen and oxygen atoms in total. The van der Waals surface area contributed by atoms with Crippen molar-refractivity contribution in [1.29, 1.82) is 0 Å². The number of anilines is 1. The largest absolute Gasteiger partial charge is 0.435 e. The Kier molecular flexibility index (Phi) is 5.11. The molecule has 0 spiro atoms. The molecule has 0 heterocycles. The fourth-order valence-electron chi connectivity index (χ4n) is 2.04. The quantitative estimate of drug-likeness (QED) is 0.798. The number of ether oxygens (including phenoxy) is 1. The summed E-state index contributed by atoms with van der Waals surface area (Å²) >= 11 is 0. The minimum absolute atomic E-state index is 0.00849. The first-order chi connectivity index (χ1) is 10.1. The van der Waals surface area contributed by atoms with Gasteiger partial charge in [-0.15, -0.1) is 0 Å². The van der Waals surface area contributed by atoms with Gasteiger partial charge in [0.2, 0.25) is 0 Å². The van der Waals surface area contributed by atoms with Gasteiger partial charge in [0.25, 0.3) is 0 Å². The molecular weight excluding hydrogens is 274 g/mol. The van der Waals surface area contributed by atoms with Crippen molar-refractivity contribution in [2.24, 2.45) is 0 Å². The molecule has 0 fully saturated rings. The molecule has 2 aromatic rings. The zero-order valence-electron chi connectivity index (χ0n) is 11.7. The van der Waals surface area contributed by atoms with Crippen molar-refractivity contribution in [1.82, 2.24) is 5.32 Å². The van der Waals surface area contributed by atoms with Crippen LogP contribution in [0.5, 0.6) is 5.75 Å². The second-order valence-electron chi connectivity index (χ2n) is 4.75. The number of hydrogen-bond donors (Lipinski definition) is 2. The van der Waals surface area contributed by atoms with Gasteiger partial charge in [0.15, 0.2) is 0 Å². The highest BCUT2D eigenvalue weighted by Crippen LogP contribution is 2.21. The number of rotatable bonds is 6. The Bertz CT molecular complexity index is 590. The molecule has 5 heteroatoms. The zero-order valence-corrected chi connectivity index (χ0v) is 11.7. The van der Waals surface area contributed by atoms with Crippen LogP contribution in [0.2, 0.25) is 0 Å². The first kappa shape index (κ1) is 15.3. The molecule has 0 aliphatic heterocycles. The maximum atomic E-state index is 12.2. The Morgan fingerprint density at radius 1 is 1.14 bits per heavy atom. The fraction of sp³-hybridized carbons (Fsp3) is 0.250. The van der Waals surface area contributed by atoms with E-state index in [0.29, 0.717) is 6.54 Å². The van der Waals surface area contributed by atoms with E-state index < -0.39 is 6.61 Å². The number of nitrogens with two attached hydrogens (primary N) is 1. The van der Waals surface area contributed by atoms with Crippen LogP contribution < -0.4 is 15.8 Å². The van der Waals surface area contributed by atoms with Crippen LogP contribution in [-0.4, -0.2) is 6.61 Å². The van der Waals surface area contributed by atoms with Gasteiger partial charge >= 0.3 is 6.61 Å². The summed E-state index contributed by atoms with van der Waals surface area (Å²) < 4.78 is 28.8. The topological polar surface area (TPSA) is 47.3 Å². The average Bonchev–Trinajstić information content (AvgIpc) is 2.45. The zero-order chi connectivity index (χ0) is 15.2. The molecule has 3 N–H and O–H groups in total. The second kappa shape index (κ2) is 7.04. The normalized spacial score (nSPS) is 12.4. The van der Waals surface area contributed by atoms with Crippen LogP contribution in [0, 0.1) is 0 Å². The van der Waals surface area contributed by atoms with Crippen LogP contribution in [0.3, 0.4) is 0 Å². The smallest absolute Gasteiger partial charge is 0.387 e. The lowest BCUT2D eigenvalue weighted by molar-refractivity contribution is -0.0499.